The van der Waals surface area contributed by atoms with Crippen molar-refractivity contribution in [3.8, 4) is 11.5 Å². The van der Waals surface area contributed by atoms with Gasteiger partial charge in [-0.3, -0.25) is 0 Å². The lowest BCUT2D eigenvalue weighted by atomic mass is 10.1. The summed E-state index contributed by atoms with van der Waals surface area (Å²) in [6.07, 6.45) is 0. The highest BCUT2D eigenvalue weighted by molar-refractivity contribution is 6.65. The third kappa shape index (κ3) is 3.57. The molecule has 0 aliphatic rings. The van der Waals surface area contributed by atoms with Crippen LogP contribution in [0.3, 0.4) is 0 Å². The zero-order valence-corrected chi connectivity index (χ0v) is 14.6. The summed E-state index contributed by atoms with van der Waals surface area (Å²) in [5, 5.41) is 3.47. The topological polar surface area (TPSA) is 18.5 Å². The van der Waals surface area contributed by atoms with Crippen LogP contribution < -0.4 is 14.0 Å². The molecule has 0 amide bonds. The van der Waals surface area contributed by atoms with Gasteiger partial charge >= 0.3 is 9.28 Å². The van der Waals surface area contributed by atoms with Gasteiger partial charge in [0.25, 0.3) is 0 Å². The number of fused-ring (bicyclic) bond motifs is 1. The van der Waals surface area contributed by atoms with E-state index in [4.69, 9.17) is 8.85 Å². The van der Waals surface area contributed by atoms with Crippen molar-refractivity contribution in [1.29, 1.82) is 0 Å². The molecule has 0 atom stereocenters. The Morgan fingerprint density at radius 1 is 0.480 bits per heavy atom. The molecule has 4 rings (SSSR count). The molecule has 0 aliphatic heterocycles. The van der Waals surface area contributed by atoms with Crippen molar-refractivity contribution in [2.75, 3.05) is 0 Å². The summed E-state index contributed by atoms with van der Waals surface area (Å²) in [7, 11) is -1.75. The minimum atomic E-state index is -1.75. The van der Waals surface area contributed by atoms with Crippen molar-refractivity contribution in [3.63, 3.8) is 0 Å². The highest BCUT2D eigenvalue weighted by atomic mass is 28.3. The van der Waals surface area contributed by atoms with E-state index < -0.39 is 9.28 Å². The minimum absolute atomic E-state index is 0.820. The Bertz CT molecular complexity index is 908. The molecule has 3 heteroatoms. The Morgan fingerprint density at radius 3 is 1.64 bits per heavy atom. The van der Waals surface area contributed by atoms with Crippen molar-refractivity contribution in [2.24, 2.45) is 0 Å². The third-order valence-electron chi connectivity index (χ3n) is 3.92. The zero-order chi connectivity index (χ0) is 16.9. The molecule has 0 aromatic heterocycles. The summed E-state index contributed by atoms with van der Waals surface area (Å²) in [4.78, 5) is 0. The lowest BCUT2D eigenvalue weighted by Crippen LogP contribution is -2.43. The average molecular weight is 341 g/mol. The van der Waals surface area contributed by atoms with Crippen LogP contribution in [0.15, 0.2) is 103 Å². The highest BCUT2D eigenvalue weighted by Gasteiger charge is 2.26. The molecule has 0 unspecified atom stereocenters. The van der Waals surface area contributed by atoms with Gasteiger partial charge in [-0.25, -0.2) is 0 Å². The van der Waals surface area contributed by atoms with Gasteiger partial charge in [-0.15, -0.1) is 0 Å². The van der Waals surface area contributed by atoms with E-state index in [1.165, 1.54) is 10.8 Å². The third-order valence-corrected chi connectivity index (χ3v) is 5.64. The Balaban J connectivity index is 1.76. The lowest BCUT2D eigenvalue weighted by Gasteiger charge is -2.18. The molecule has 0 bridgehead atoms. The minimum Gasteiger partial charge on any atom is -0.507 e. The van der Waals surface area contributed by atoms with Gasteiger partial charge in [0.15, 0.2) is 0 Å². The van der Waals surface area contributed by atoms with Crippen LogP contribution in [-0.2, 0) is 0 Å². The van der Waals surface area contributed by atoms with Crippen LogP contribution in [0.25, 0.3) is 10.8 Å². The van der Waals surface area contributed by atoms with E-state index in [2.05, 4.69) is 42.5 Å². The van der Waals surface area contributed by atoms with E-state index in [0.717, 1.165) is 16.7 Å². The average Bonchev–Trinajstić information content (AvgIpc) is 2.69. The van der Waals surface area contributed by atoms with Gasteiger partial charge in [-0.05, 0) is 35.0 Å². The second-order valence-electron chi connectivity index (χ2n) is 5.64. The van der Waals surface area contributed by atoms with Crippen molar-refractivity contribution in [2.45, 2.75) is 0 Å². The molecule has 0 saturated heterocycles. The van der Waals surface area contributed by atoms with E-state index in [1.54, 1.807) is 0 Å². The standard InChI is InChI=1S/C22H17O2Si/c1-3-12-19(13-4-1)23-25(24-20-14-5-2-6-15-20)22-17-9-11-18-10-7-8-16-21(18)22/h1-17H. The second kappa shape index (κ2) is 7.24. The molecule has 0 aliphatic carbocycles. The zero-order valence-electron chi connectivity index (χ0n) is 13.6. The number of rotatable bonds is 5. The predicted molar refractivity (Wildman–Crippen MR) is 103 cm³/mol. The summed E-state index contributed by atoms with van der Waals surface area (Å²) in [5.74, 6) is 1.64. The highest BCUT2D eigenvalue weighted by Crippen LogP contribution is 2.17. The maximum atomic E-state index is 6.29. The van der Waals surface area contributed by atoms with Crippen LogP contribution >= 0.6 is 0 Å². The Kier molecular flexibility index (Phi) is 4.48. The van der Waals surface area contributed by atoms with Gasteiger partial charge in [0, 0.05) is 5.19 Å². The number of hydrogen-bond acceptors (Lipinski definition) is 2. The van der Waals surface area contributed by atoms with Crippen molar-refractivity contribution < 1.29 is 8.85 Å². The fourth-order valence-electron chi connectivity index (χ4n) is 2.73. The van der Waals surface area contributed by atoms with Crippen molar-refractivity contribution in [1.82, 2.24) is 0 Å². The van der Waals surface area contributed by atoms with E-state index in [0.29, 0.717) is 0 Å². The van der Waals surface area contributed by atoms with Gasteiger partial charge in [0.05, 0.1) is 0 Å². The molecule has 25 heavy (non-hydrogen) atoms. The Hall–Kier alpha value is -3.04. The van der Waals surface area contributed by atoms with Crippen LogP contribution in [0.4, 0.5) is 0 Å². The van der Waals surface area contributed by atoms with Crippen LogP contribution in [0.1, 0.15) is 0 Å². The monoisotopic (exact) mass is 341 g/mol. The van der Waals surface area contributed by atoms with Crippen LogP contribution in [0.2, 0.25) is 0 Å². The van der Waals surface area contributed by atoms with E-state index in [9.17, 15) is 0 Å². The number of para-hydroxylation sites is 2. The molecule has 0 saturated carbocycles. The molecule has 4 aromatic carbocycles. The summed E-state index contributed by atoms with van der Waals surface area (Å²) in [5.41, 5.74) is 0. The first-order valence-corrected chi connectivity index (χ1v) is 9.53. The SMILES string of the molecule is c1ccc(O[Si](Oc2ccccc2)c2cccc3ccccc23)cc1. The lowest BCUT2D eigenvalue weighted by molar-refractivity contribution is 0.439. The summed E-state index contributed by atoms with van der Waals surface area (Å²) >= 11 is 0. The largest absolute Gasteiger partial charge is 0.573 e. The molecule has 0 fully saturated rings. The maximum absolute atomic E-state index is 6.29. The number of benzene rings is 4. The summed E-state index contributed by atoms with van der Waals surface area (Å²) in [6, 6.07) is 34.3. The smallest absolute Gasteiger partial charge is 0.507 e. The van der Waals surface area contributed by atoms with Crippen LogP contribution in [0.5, 0.6) is 11.5 Å². The quantitative estimate of drug-likeness (QED) is 0.490. The molecule has 0 N–H and O–H groups in total. The Labute approximate surface area is 149 Å². The Morgan fingerprint density at radius 2 is 1.00 bits per heavy atom. The first-order chi connectivity index (χ1) is 12.4. The van der Waals surface area contributed by atoms with Gasteiger partial charge in [0.1, 0.15) is 11.5 Å². The molecule has 121 valence electrons. The van der Waals surface area contributed by atoms with Crippen molar-refractivity contribution >= 4 is 25.2 Å². The molecular weight excluding hydrogens is 324 g/mol. The van der Waals surface area contributed by atoms with Gasteiger partial charge in [-0.1, -0.05) is 78.9 Å². The van der Waals surface area contributed by atoms with Gasteiger partial charge in [0.2, 0.25) is 0 Å². The van der Waals surface area contributed by atoms with E-state index in [1.807, 2.05) is 60.7 Å². The fourth-order valence-corrected chi connectivity index (χ4v) is 4.37. The normalized spacial score (nSPS) is 10.8. The van der Waals surface area contributed by atoms with Crippen LogP contribution in [0, 0.1) is 0 Å². The molecular formula is C22H17O2Si. The molecule has 0 spiro atoms. The molecule has 4 aromatic rings. The number of hydrogen-bond donors (Lipinski definition) is 0. The molecule has 2 nitrogen and oxygen atoms in total. The first kappa shape index (κ1) is 15.5. The van der Waals surface area contributed by atoms with E-state index in [-0.39, 0.29) is 0 Å². The maximum Gasteiger partial charge on any atom is 0.573 e. The van der Waals surface area contributed by atoms with Crippen LogP contribution in [-0.4, -0.2) is 9.28 Å². The summed E-state index contributed by atoms with van der Waals surface area (Å²) < 4.78 is 12.6. The summed E-state index contributed by atoms with van der Waals surface area (Å²) in [6.45, 7) is 0. The second-order valence-corrected chi connectivity index (χ2v) is 7.17. The molecule has 1 radical (unpaired) electrons. The van der Waals surface area contributed by atoms with Crippen molar-refractivity contribution in [3.05, 3.63) is 103 Å². The first-order valence-electron chi connectivity index (χ1n) is 8.21. The fraction of sp³-hybridized carbons (Fsp3) is 0. The molecule has 0 heterocycles. The van der Waals surface area contributed by atoms with E-state index >= 15 is 0 Å². The predicted octanol–water partition coefficient (Wildman–Crippen LogP) is 4.69. The van der Waals surface area contributed by atoms with Gasteiger partial charge < -0.3 is 8.85 Å². The van der Waals surface area contributed by atoms with Gasteiger partial charge in [-0.2, -0.15) is 0 Å².